The van der Waals surface area contributed by atoms with E-state index < -0.39 is 35.7 Å². The molecule has 4 amide bonds. The van der Waals surface area contributed by atoms with E-state index in [0.29, 0.717) is 24.1 Å². The molecular formula is C22H23BrFN3O3. The Morgan fingerprint density at radius 3 is 2.53 bits per heavy atom. The Morgan fingerprint density at radius 1 is 1.20 bits per heavy atom. The van der Waals surface area contributed by atoms with Gasteiger partial charge in [0, 0.05) is 10.2 Å². The van der Waals surface area contributed by atoms with Crippen molar-refractivity contribution < 1.29 is 18.8 Å². The number of rotatable bonds is 7. The maximum atomic E-state index is 13.4. The van der Waals surface area contributed by atoms with Gasteiger partial charge in [-0.25, -0.2) is 9.18 Å². The summed E-state index contributed by atoms with van der Waals surface area (Å²) in [6, 6.07) is 10.3. The van der Waals surface area contributed by atoms with Gasteiger partial charge >= 0.3 is 6.03 Å². The van der Waals surface area contributed by atoms with Crippen molar-refractivity contribution in [3.63, 3.8) is 0 Å². The largest absolute Gasteiger partial charge is 0.325 e. The number of nitrogens with zero attached hydrogens (tertiary/aromatic N) is 1. The number of benzene rings is 2. The molecule has 1 atom stereocenters. The number of unbranched alkanes of at least 4 members (excludes halogenated alkanes) is 1. The number of hydrogen-bond donors (Lipinski definition) is 2. The molecule has 1 unspecified atom stereocenters. The number of carbonyl (C=O) groups excluding carboxylic acids is 3. The number of aryl methyl sites for hydroxylation is 1. The molecule has 30 heavy (non-hydrogen) atoms. The molecule has 1 heterocycles. The molecule has 2 aromatic rings. The van der Waals surface area contributed by atoms with E-state index in [2.05, 4.69) is 26.6 Å². The standard InChI is InChI=1S/C22H23BrFN3O3/c1-3-4-11-22(15-5-8-17(24)9-6-15)20(29)27(21(30)26-22)13-19(28)25-18-10-7-16(23)12-14(18)2/h5-10,12H,3-4,11,13H2,1-2H3,(H,25,28)(H,26,30). The summed E-state index contributed by atoms with van der Waals surface area (Å²) in [4.78, 5) is 39.4. The second-order valence-corrected chi connectivity index (χ2v) is 8.26. The zero-order valence-electron chi connectivity index (χ0n) is 16.8. The van der Waals surface area contributed by atoms with Crippen LogP contribution in [0, 0.1) is 12.7 Å². The van der Waals surface area contributed by atoms with E-state index in [4.69, 9.17) is 0 Å². The molecule has 2 N–H and O–H groups in total. The lowest BCUT2D eigenvalue weighted by Gasteiger charge is -2.27. The summed E-state index contributed by atoms with van der Waals surface area (Å²) in [5.41, 5.74) is 0.654. The Morgan fingerprint density at radius 2 is 1.90 bits per heavy atom. The summed E-state index contributed by atoms with van der Waals surface area (Å²) in [5, 5.41) is 5.49. The van der Waals surface area contributed by atoms with Gasteiger partial charge in [-0.2, -0.15) is 0 Å². The minimum Gasteiger partial charge on any atom is -0.324 e. The third-order valence-corrected chi connectivity index (χ3v) is 5.68. The van der Waals surface area contributed by atoms with Crippen LogP contribution in [0.2, 0.25) is 0 Å². The van der Waals surface area contributed by atoms with Crippen LogP contribution in [-0.4, -0.2) is 29.3 Å². The van der Waals surface area contributed by atoms with Gasteiger partial charge in [0.2, 0.25) is 5.91 Å². The van der Waals surface area contributed by atoms with E-state index in [1.165, 1.54) is 24.3 Å². The van der Waals surface area contributed by atoms with Gasteiger partial charge in [0.05, 0.1) is 0 Å². The molecule has 1 aliphatic heterocycles. The minimum atomic E-state index is -1.30. The van der Waals surface area contributed by atoms with Crippen molar-refractivity contribution in [1.29, 1.82) is 0 Å². The number of anilines is 1. The van der Waals surface area contributed by atoms with E-state index in [9.17, 15) is 18.8 Å². The number of imide groups is 1. The molecule has 8 heteroatoms. The molecular weight excluding hydrogens is 453 g/mol. The average Bonchev–Trinajstić information content (AvgIpc) is 2.94. The maximum Gasteiger partial charge on any atom is 0.325 e. The zero-order chi connectivity index (χ0) is 21.9. The van der Waals surface area contributed by atoms with Crippen molar-refractivity contribution in [2.75, 3.05) is 11.9 Å². The molecule has 0 radical (unpaired) electrons. The maximum absolute atomic E-state index is 13.4. The molecule has 0 bridgehead atoms. The van der Waals surface area contributed by atoms with Crippen molar-refractivity contribution >= 4 is 39.5 Å². The molecule has 1 fully saturated rings. The molecule has 0 spiro atoms. The van der Waals surface area contributed by atoms with Crippen LogP contribution in [0.5, 0.6) is 0 Å². The van der Waals surface area contributed by atoms with Crippen LogP contribution in [0.25, 0.3) is 0 Å². The summed E-state index contributed by atoms with van der Waals surface area (Å²) in [7, 11) is 0. The molecule has 2 aromatic carbocycles. The summed E-state index contributed by atoms with van der Waals surface area (Å²) in [5.74, 6) is -1.41. The summed E-state index contributed by atoms with van der Waals surface area (Å²) < 4.78 is 14.3. The van der Waals surface area contributed by atoms with Crippen LogP contribution in [0.3, 0.4) is 0 Å². The Labute approximate surface area is 183 Å². The topological polar surface area (TPSA) is 78.5 Å². The SMILES string of the molecule is CCCCC1(c2ccc(F)cc2)NC(=O)N(CC(=O)Nc2ccc(Br)cc2C)C1=O. The smallest absolute Gasteiger partial charge is 0.324 e. The van der Waals surface area contributed by atoms with Gasteiger partial charge in [0.25, 0.3) is 5.91 Å². The van der Waals surface area contributed by atoms with Crippen LogP contribution in [-0.2, 0) is 15.1 Å². The first-order valence-electron chi connectivity index (χ1n) is 9.73. The summed E-state index contributed by atoms with van der Waals surface area (Å²) in [6.07, 6.45) is 1.86. The zero-order valence-corrected chi connectivity index (χ0v) is 18.4. The van der Waals surface area contributed by atoms with Gasteiger partial charge in [-0.1, -0.05) is 47.8 Å². The molecule has 0 aliphatic carbocycles. The quantitative estimate of drug-likeness (QED) is 0.579. The van der Waals surface area contributed by atoms with Crippen molar-refractivity contribution in [2.24, 2.45) is 0 Å². The average molecular weight is 476 g/mol. The fraction of sp³-hybridized carbons (Fsp3) is 0.318. The van der Waals surface area contributed by atoms with Crippen LogP contribution >= 0.6 is 15.9 Å². The van der Waals surface area contributed by atoms with E-state index in [1.807, 2.05) is 19.9 Å². The lowest BCUT2D eigenvalue weighted by molar-refractivity contribution is -0.134. The normalized spacial score (nSPS) is 18.5. The van der Waals surface area contributed by atoms with Gasteiger partial charge in [0.1, 0.15) is 17.9 Å². The predicted octanol–water partition coefficient (Wildman–Crippen LogP) is 4.47. The van der Waals surface area contributed by atoms with Crippen molar-refractivity contribution in [2.45, 2.75) is 38.6 Å². The lowest BCUT2D eigenvalue weighted by Crippen LogP contribution is -2.44. The molecule has 1 saturated heterocycles. The Hall–Kier alpha value is -2.74. The molecule has 158 valence electrons. The second-order valence-electron chi connectivity index (χ2n) is 7.34. The van der Waals surface area contributed by atoms with E-state index in [0.717, 1.165) is 21.4 Å². The van der Waals surface area contributed by atoms with E-state index in [1.54, 1.807) is 12.1 Å². The highest BCUT2D eigenvalue weighted by Gasteiger charge is 2.52. The summed E-state index contributed by atoms with van der Waals surface area (Å²) in [6.45, 7) is 3.42. The number of carbonyl (C=O) groups is 3. The van der Waals surface area contributed by atoms with E-state index >= 15 is 0 Å². The first-order valence-corrected chi connectivity index (χ1v) is 10.5. The molecule has 3 rings (SSSR count). The highest BCUT2D eigenvalue weighted by Crippen LogP contribution is 2.34. The van der Waals surface area contributed by atoms with Gasteiger partial charge in [0.15, 0.2) is 0 Å². The van der Waals surface area contributed by atoms with Crippen LogP contribution < -0.4 is 10.6 Å². The van der Waals surface area contributed by atoms with Crippen molar-refractivity contribution in [3.05, 3.63) is 63.9 Å². The molecule has 1 aliphatic rings. The van der Waals surface area contributed by atoms with Crippen LogP contribution in [0.1, 0.15) is 37.3 Å². The van der Waals surface area contributed by atoms with Crippen LogP contribution in [0.15, 0.2) is 46.9 Å². The molecule has 6 nitrogen and oxygen atoms in total. The highest BCUT2D eigenvalue weighted by atomic mass is 79.9. The Balaban J connectivity index is 1.82. The lowest BCUT2D eigenvalue weighted by atomic mass is 9.85. The first kappa shape index (κ1) is 22.0. The number of halogens is 2. The van der Waals surface area contributed by atoms with Gasteiger partial charge in [-0.05, 0) is 54.8 Å². The molecule has 0 aromatic heterocycles. The van der Waals surface area contributed by atoms with Crippen LogP contribution in [0.4, 0.5) is 14.9 Å². The van der Waals surface area contributed by atoms with E-state index in [-0.39, 0.29) is 0 Å². The predicted molar refractivity (Wildman–Crippen MR) is 115 cm³/mol. The third-order valence-electron chi connectivity index (χ3n) is 5.18. The molecule has 0 saturated carbocycles. The van der Waals surface area contributed by atoms with Gasteiger partial charge in [-0.3, -0.25) is 14.5 Å². The monoisotopic (exact) mass is 475 g/mol. The minimum absolute atomic E-state index is 0.365. The fourth-order valence-corrected chi connectivity index (χ4v) is 4.03. The third kappa shape index (κ3) is 4.38. The highest BCUT2D eigenvalue weighted by molar-refractivity contribution is 9.10. The number of hydrogen-bond acceptors (Lipinski definition) is 3. The van der Waals surface area contributed by atoms with Gasteiger partial charge < -0.3 is 10.6 Å². The Kier molecular flexibility index (Phi) is 6.55. The first-order chi connectivity index (χ1) is 14.3. The number of amides is 4. The number of nitrogens with one attached hydrogen (secondary N) is 2. The van der Waals surface area contributed by atoms with Crippen molar-refractivity contribution in [1.82, 2.24) is 10.2 Å². The van der Waals surface area contributed by atoms with Crippen molar-refractivity contribution in [3.8, 4) is 0 Å². The number of urea groups is 1. The second kappa shape index (κ2) is 8.95. The summed E-state index contributed by atoms with van der Waals surface area (Å²) >= 11 is 3.37. The van der Waals surface area contributed by atoms with Gasteiger partial charge in [-0.15, -0.1) is 0 Å². The Bertz CT molecular complexity index is 980. The fourth-order valence-electron chi connectivity index (χ4n) is 3.56.